The van der Waals surface area contributed by atoms with Crippen LogP contribution >= 0.6 is 11.6 Å². The van der Waals surface area contributed by atoms with Gasteiger partial charge in [0, 0.05) is 45.1 Å². The van der Waals surface area contributed by atoms with Crippen LogP contribution in [-0.4, -0.2) is 66.8 Å². The molecule has 0 radical (unpaired) electrons. The number of nitrogens with zero attached hydrogens (tertiary/aromatic N) is 4. The van der Waals surface area contributed by atoms with E-state index in [-0.39, 0.29) is 22.8 Å². The van der Waals surface area contributed by atoms with Crippen LogP contribution in [0.25, 0.3) is 0 Å². The predicted octanol–water partition coefficient (Wildman–Crippen LogP) is 6.58. The maximum atomic E-state index is 13.0. The minimum atomic E-state index is -1.21. The van der Waals surface area contributed by atoms with E-state index in [0.717, 1.165) is 12.4 Å². The van der Waals surface area contributed by atoms with Gasteiger partial charge < -0.3 is 32.3 Å². The van der Waals surface area contributed by atoms with E-state index in [4.69, 9.17) is 17.3 Å². The summed E-state index contributed by atoms with van der Waals surface area (Å²) in [5.41, 5.74) is 8.08. The van der Waals surface area contributed by atoms with Crippen LogP contribution < -0.4 is 32.3 Å². The molecule has 0 bridgehead atoms. The SMILES string of the molecule is CNC(=O)c1cnc(Cl)cc1Nc1ccccc1S(C)=O.CNC(=O)c1cnc(Nc2ccc(F)cn2)cc1Nc1ccccc1S(C)=O.Nc1ccc(F)cn1. The maximum Gasteiger partial charge on any atom is 0.254 e. The van der Waals surface area contributed by atoms with Gasteiger partial charge in [-0.2, -0.15) is 0 Å². The lowest BCUT2D eigenvalue weighted by Gasteiger charge is -2.15. The number of benzene rings is 2. The smallest absolute Gasteiger partial charge is 0.254 e. The second-order valence-electron chi connectivity index (χ2n) is 11.4. The van der Waals surface area contributed by atoms with Gasteiger partial charge in [0.05, 0.1) is 77.7 Å². The molecule has 2 atom stereocenters. The Kier molecular flexibility index (Phi) is 16.0. The van der Waals surface area contributed by atoms with Crippen molar-refractivity contribution in [3.8, 4) is 0 Å². The molecule has 0 spiro atoms. The molecule has 296 valence electrons. The number of para-hydroxylation sites is 2. The van der Waals surface area contributed by atoms with Gasteiger partial charge in [-0.15, -0.1) is 0 Å². The average molecular weight is 835 g/mol. The number of amides is 2. The van der Waals surface area contributed by atoms with Gasteiger partial charge in [-0.3, -0.25) is 18.0 Å². The Labute approximate surface area is 337 Å². The number of halogens is 3. The van der Waals surface area contributed by atoms with Crippen LogP contribution in [0.4, 0.5) is 49.0 Å². The lowest BCUT2D eigenvalue weighted by molar-refractivity contribution is 0.0955. The number of hydrogen-bond donors (Lipinski definition) is 6. The minimum Gasteiger partial charge on any atom is -0.384 e. The van der Waals surface area contributed by atoms with Crippen molar-refractivity contribution in [3.63, 3.8) is 0 Å². The van der Waals surface area contributed by atoms with Crippen LogP contribution in [0, 0.1) is 11.6 Å². The molecule has 6 aromatic rings. The fourth-order valence-electron chi connectivity index (χ4n) is 4.69. The molecule has 19 heteroatoms. The molecule has 2 unspecified atom stereocenters. The summed E-state index contributed by atoms with van der Waals surface area (Å²) in [5.74, 6) is -0.258. The Morgan fingerprint density at radius 3 is 1.53 bits per heavy atom. The highest BCUT2D eigenvalue weighted by Gasteiger charge is 2.16. The van der Waals surface area contributed by atoms with Crippen molar-refractivity contribution < 1.29 is 26.8 Å². The summed E-state index contributed by atoms with van der Waals surface area (Å²) >= 11 is 5.89. The van der Waals surface area contributed by atoms with Crippen LogP contribution in [0.15, 0.2) is 120 Å². The number of anilines is 7. The van der Waals surface area contributed by atoms with Crippen LogP contribution in [0.3, 0.4) is 0 Å². The molecule has 0 saturated heterocycles. The molecule has 4 aromatic heterocycles. The second-order valence-corrected chi connectivity index (χ2v) is 14.4. The molecule has 14 nitrogen and oxygen atoms in total. The summed E-state index contributed by atoms with van der Waals surface area (Å²) in [4.78, 5) is 40.9. The predicted molar refractivity (Wildman–Crippen MR) is 220 cm³/mol. The molecule has 0 saturated carbocycles. The van der Waals surface area contributed by atoms with Crippen molar-refractivity contribution in [2.45, 2.75) is 9.79 Å². The van der Waals surface area contributed by atoms with Crippen molar-refractivity contribution in [1.82, 2.24) is 30.6 Å². The summed E-state index contributed by atoms with van der Waals surface area (Å²) in [6, 6.07) is 22.9. The van der Waals surface area contributed by atoms with Crippen LogP contribution in [0.1, 0.15) is 20.7 Å². The van der Waals surface area contributed by atoms with E-state index in [2.05, 4.69) is 46.5 Å². The molecule has 57 heavy (non-hydrogen) atoms. The first-order valence-corrected chi connectivity index (χ1v) is 20.0. The van der Waals surface area contributed by atoms with Crippen LogP contribution in [-0.2, 0) is 21.6 Å². The molecule has 2 amide bonds. The standard InChI is InChI=1S/C19H18FN5O2S.C14H14ClN3O2S.C5H5FN2/c1-21-19(26)13-11-23-18(25-17-8-7-12(20)10-22-17)9-15(13)24-14-5-3-4-6-16(14)28(2)27;1-16-14(19)9-8-17-13(15)7-11(9)18-10-5-3-4-6-12(10)21(2)20;6-4-1-2-5(7)8-3-4/h3-11H,1-2H3,(H,21,26)(H2,22,23,24,25);3-8H,1-2H3,(H,16,19)(H,17,18);1-3H,(H2,7,8). The average Bonchev–Trinajstić information content (AvgIpc) is 3.20. The van der Waals surface area contributed by atoms with E-state index in [0.29, 0.717) is 61.1 Å². The lowest BCUT2D eigenvalue weighted by Crippen LogP contribution is -2.19. The zero-order valence-corrected chi connectivity index (χ0v) is 33.2. The van der Waals surface area contributed by atoms with Crippen molar-refractivity contribution in [3.05, 3.63) is 138 Å². The molecular formula is C38H37ClF2N10O4S2. The number of carbonyl (C=O) groups excluding carboxylic acids is 2. The summed E-state index contributed by atoms with van der Waals surface area (Å²) in [6.45, 7) is 0. The first-order chi connectivity index (χ1) is 27.3. The van der Waals surface area contributed by atoms with E-state index in [9.17, 15) is 26.8 Å². The third kappa shape index (κ3) is 12.8. The topological polar surface area (TPSA) is 206 Å². The minimum absolute atomic E-state index is 0.264. The van der Waals surface area contributed by atoms with Crippen molar-refractivity contribution in [2.24, 2.45) is 0 Å². The van der Waals surface area contributed by atoms with Crippen LogP contribution in [0.5, 0.6) is 0 Å². The quantitative estimate of drug-likeness (QED) is 0.0810. The number of carbonyl (C=O) groups is 2. The normalized spacial score (nSPS) is 11.3. The maximum absolute atomic E-state index is 13.0. The zero-order chi connectivity index (χ0) is 41.5. The fraction of sp³-hybridized carbons (Fsp3) is 0.105. The fourth-order valence-corrected chi connectivity index (χ4v) is 6.25. The van der Waals surface area contributed by atoms with Gasteiger partial charge in [0.15, 0.2) is 0 Å². The third-order valence-electron chi connectivity index (χ3n) is 7.38. The van der Waals surface area contributed by atoms with E-state index >= 15 is 0 Å². The summed E-state index contributed by atoms with van der Waals surface area (Å²) in [6.07, 6.45) is 8.16. The number of rotatable bonds is 10. The number of hydrogen-bond acceptors (Lipinski definition) is 12. The molecule has 6 rings (SSSR count). The highest BCUT2D eigenvalue weighted by molar-refractivity contribution is 7.84. The lowest BCUT2D eigenvalue weighted by atomic mass is 10.2. The number of aromatic nitrogens is 4. The van der Waals surface area contributed by atoms with Gasteiger partial charge in [-0.1, -0.05) is 35.9 Å². The van der Waals surface area contributed by atoms with Gasteiger partial charge in [0.25, 0.3) is 11.8 Å². The molecular weight excluding hydrogens is 798 g/mol. The third-order valence-corrected chi connectivity index (χ3v) is 9.54. The van der Waals surface area contributed by atoms with Gasteiger partial charge in [0.1, 0.15) is 34.2 Å². The molecule has 0 aliphatic carbocycles. The highest BCUT2D eigenvalue weighted by atomic mass is 35.5. The Hall–Kier alpha value is -6.37. The zero-order valence-electron chi connectivity index (χ0n) is 30.8. The van der Waals surface area contributed by atoms with Crippen molar-refractivity contribution in [1.29, 1.82) is 0 Å². The number of nitrogen functional groups attached to an aromatic ring is 1. The van der Waals surface area contributed by atoms with Gasteiger partial charge >= 0.3 is 0 Å². The molecule has 4 heterocycles. The molecule has 2 aromatic carbocycles. The van der Waals surface area contributed by atoms with Crippen molar-refractivity contribution >= 4 is 85.2 Å². The summed E-state index contributed by atoms with van der Waals surface area (Å²) in [5, 5.41) is 14.6. The summed E-state index contributed by atoms with van der Waals surface area (Å²) in [7, 11) is 0.699. The Balaban J connectivity index is 0.000000217. The van der Waals surface area contributed by atoms with E-state index < -0.39 is 27.4 Å². The van der Waals surface area contributed by atoms with Gasteiger partial charge in [0.2, 0.25) is 0 Å². The van der Waals surface area contributed by atoms with Crippen LogP contribution in [0.2, 0.25) is 5.15 Å². The Morgan fingerprint density at radius 1 is 0.596 bits per heavy atom. The highest BCUT2D eigenvalue weighted by Crippen LogP contribution is 2.29. The number of nitrogens with two attached hydrogens (primary N) is 1. The molecule has 0 fully saturated rings. The summed E-state index contributed by atoms with van der Waals surface area (Å²) < 4.78 is 48.7. The van der Waals surface area contributed by atoms with E-state index in [1.165, 1.54) is 50.8 Å². The number of nitrogens with one attached hydrogen (secondary N) is 5. The monoisotopic (exact) mass is 834 g/mol. The van der Waals surface area contributed by atoms with E-state index in [1.54, 1.807) is 67.1 Å². The van der Waals surface area contributed by atoms with E-state index in [1.807, 2.05) is 6.07 Å². The second kappa shape index (κ2) is 21.1. The Morgan fingerprint density at radius 2 is 1.07 bits per heavy atom. The first-order valence-electron chi connectivity index (χ1n) is 16.5. The van der Waals surface area contributed by atoms with Crippen molar-refractivity contribution in [2.75, 3.05) is 48.3 Å². The molecule has 0 aliphatic heterocycles. The van der Waals surface area contributed by atoms with Gasteiger partial charge in [-0.05, 0) is 54.6 Å². The Bertz CT molecular complexity index is 2360. The molecule has 7 N–H and O–H groups in total. The largest absolute Gasteiger partial charge is 0.384 e. The molecule has 0 aliphatic rings. The first kappa shape index (κ1) is 43.4. The van der Waals surface area contributed by atoms with Gasteiger partial charge in [-0.25, -0.2) is 28.7 Å². The number of pyridine rings is 4.